The lowest BCUT2D eigenvalue weighted by Crippen LogP contribution is -2.19. The summed E-state index contributed by atoms with van der Waals surface area (Å²) in [5.41, 5.74) is 3.97. The van der Waals surface area contributed by atoms with E-state index in [2.05, 4.69) is 6.07 Å². The normalized spacial score (nSPS) is 19.1. The number of nitrogens with zero attached hydrogens (tertiary/aromatic N) is 1. The van der Waals surface area contributed by atoms with Crippen LogP contribution in [0.2, 0.25) is 0 Å². The molecule has 3 aromatic carbocycles. The van der Waals surface area contributed by atoms with Crippen molar-refractivity contribution in [2.24, 2.45) is 0 Å². The number of benzene rings is 3. The van der Waals surface area contributed by atoms with E-state index < -0.39 is 5.60 Å². The quantitative estimate of drug-likeness (QED) is 0.357. The summed E-state index contributed by atoms with van der Waals surface area (Å²) < 4.78 is 16.8. The summed E-state index contributed by atoms with van der Waals surface area (Å²) >= 11 is 0. The van der Waals surface area contributed by atoms with Crippen LogP contribution in [0.15, 0.2) is 72.8 Å². The van der Waals surface area contributed by atoms with Gasteiger partial charge in [-0.15, -0.1) is 0 Å². The third-order valence-corrected chi connectivity index (χ3v) is 5.76. The smallest absolute Gasteiger partial charge is 0.309 e. The zero-order valence-corrected chi connectivity index (χ0v) is 18.2. The van der Waals surface area contributed by atoms with Gasteiger partial charge in [-0.05, 0) is 54.3 Å². The molecule has 1 fully saturated rings. The van der Waals surface area contributed by atoms with Crippen LogP contribution in [0.3, 0.4) is 0 Å². The van der Waals surface area contributed by atoms with E-state index in [1.165, 1.54) is 0 Å². The Balaban J connectivity index is 1.39. The van der Waals surface area contributed by atoms with E-state index in [1.807, 2.05) is 79.7 Å². The Hall–Kier alpha value is -3.62. The molecule has 2 atom stereocenters. The molecule has 0 aromatic heterocycles. The Morgan fingerprint density at radius 1 is 1.06 bits per heavy atom. The molecule has 1 aliphatic heterocycles. The number of epoxide rings is 1. The van der Waals surface area contributed by atoms with Crippen LogP contribution >= 0.6 is 0 Å². The Morgan fingerprint density at radius 2 is 1.75 bits per heavy atom. The highest BCUT2D eigenvalue weighted by Gasteiger charge is 2.56. The van der Waals surface area contributed by atoms with Crippen molar-refractivity contribution in [2.75, 3.05) is 6.61 Å². The van der Waals surface area contributed by atoms with Crippen LogP contribution < -0.4 is 4.74 Å². The van der Waals surface area contributed by atoms with Gasteiger partial charge in [0, 0.05) is 0 Å². The molecule has 0 bridgehead atoms. The molecule has 5 nitrogen and oxygen atoms in total. The standard InChI is InChI=1S/C27H25NO4/c1-3-30-26(29)16-27(19(2)32-27)23-12-14-24(15-13-23)31-18-20-8-10-21(11-9-20)25-7-5-4-6-22(25)17-28/h4-15,19H,3,16,18H2,1-2H3. The first-order valence-electron chi connectivity index (χ1n) is 10.7. The molecule has 0 radical (unpaired) electrons. The number of hydrogen-bond acceptors (Lipinski definition) is 5. The van der Waals surface area contributed by atoms with Crippen molar-refractivity contribution in [1.29, 1.82) is 5.26 Å². The first-order valence-corrected chi connectivity index (χ1v) is 10.7. The lowest BCUT2D eigenvalue weighted by Gasteiger charge is -2.14. The third kappa shape index (κ3) is 4.51. The number of rotatable bonds is 8. The molecule has 0 N–H and O–H groups in total. The minimum atomic E-state index is -0.597. The molecule has 3 aromatic rings. The fourth-order valence-electron chi connectivity index (χ4n) is 3.91. The number of esters is 1. The van der Waals surface area contributed by atoms with Crippen molar-refractivity contribution in [1.82, 2.24) is 0 Å². The van der Waals surface area contributed by atoms with Crippen LogP contribution in [-0.4, -0.2) is 18.7 Å². The average molecular weight is 428 g/mol. The lowest BCUT2D eigenvalue weighted by molar-refractivity contribution is -0.144. The van der Waals surface area contributed by atoms with Gasteiger partial charge in [-0.1, -0.05) is 54.6 Å². The number of nitriles is 1. The molecule has 1 aliphatic rings. The van der Waals surface area contributed by atoms with Crippen molar-refractivity contribution >= 4 is 5.97 Å². The van der Waals surface area contributed by atoms with Crippen LogP contribution in [0.4, 0.5) is 0 Å². The Bertz CT molecular complexity index is 1130. The molecule has 2 unspecified atom stereocenters. The fourth-order valence-corrected chi connectivity index (χ4v) is 3.91. The number of carbonyl (C=O) groups is 1. The van der Waals surface area contributed by atoms with Gasteiger partial charge in [-0.25, -0.2) is 0 Å². The molecule has 0 amide bonds. The summed E-state index contributed by atoms with van der Waals surface area (Å²) in [4.78, 5) is 12.0. The van der Waals surface area contributed by atoms with Gasteiger partial charge in [-0.3, -0.25) is 4.79 Å². The summed E-state index contributed by atoms with van der Waals surface area (Å²) in [6.07, 6.45) is 0.187. The van der Waals surface area contributed by atoms with Crippen molar-refractivity contribution in [2.45, 2.75) is 38.6 Å². The second-order valence-electron chi connectivity index (χ2n) is 7.80. The van der Waals surface area contributed by atoms with Crippen LogP contribution in [0, 0.1) is 11.3 Å². The number of carbonyl (C=O) groups excluding carboxylic acids is 1. The van der Waals surface area contributed by atoms with Crippen molar-refractivity contribution < 1.29 is 19.0 Å². The third-order valence-electron chi connectivity index (χ3n) is 5.76. The highest BCUT2D eigenvalue weighted by atomic mass is 16.6. The van der Waals surface area contributed by atoms with Crippen LogP contribution in [0.25, 0.3) is 11.1 Å². The lowest BCUT2D eigenvalue weighted by atomic mass is 9.92. The molecular weight excluding hydrogens is 402 g/mol. The fraction of sp³-hybridized carbons (Fsp3) is 0.259. The number of hydrogen-bond donors (Lipinski definition) is 0. The van der Waals surface area contributed by atoms with Crippen LogP contribution in [-0.2, 0) is 26.5 Å². The van der Waals surface area contributed by atoms with E-state index >= 15 is 0 Å². The first kappa shape index (κ1) is 21.6. The topological polar surface area (TPSA) is 71.8 Å². The van der Waals surface area contributed by atoms with Gasteiger partial charge in [0.2, 0.25) is 0 Å². The first-order chi connectivity index (χ1) is 15.6. The molecular formula is C27H25NO4. The largest absolute Gasteiger partial charge is 0.489 e. The van der Waals surface area contributed by atoms with Gasteiger partial charge in [0.15, 0.2) is 0 Å². The van der Waals surface area contributed by atoms with E-state index in [0.29, 0.717) is 18.8 Å². The maximum Gasteiger partial charge on any atom is 0.309 e. The number of ether oxygens (including phenoxy) is 3. The molecule has 4 rings (SSSR count). The molecule has 162 valence electrons. The van der Waals surface area contributed by atoms with Crippen molar-refractivity contribution in [3.8, 4) is 22.9 Å². The Morgan fingerprint density at radius 3 is 2.38 bits per heavy atom. The molecule has 0 saturated carbocycles. The molecule has 0 aliphatic carbocycles. The minimum absolute atomic E-state index is 0.0247. The van der Waals surface area contributed by atoms with Gasteiger partial charge >= 0.3 is 5.97 Å². The molecule has 5 heteroatoms. The predicted octanol–water partition coefficient (Wildman–Crippen LogP) is 5.37. The Labute approximate surface area is 188 Å². The second-order valence-corrected chi connectivity index (χ2v) is 7.80. The maximum absolute atomic E-state index is 12.0. The molecule has 32 heavy (non-hydrogen) atoms. The monoisotopic (exact) mass is 427 g/mol. The predicted molar refractivity (Wildman–Crippen MR) is 121 cm³/mol. The molecule has 1 heterocycles. The van der Waals surface area contributed by atoms with E-state index in [-0.39, 0.29) is 18.5 Å². The summed E-state index contributed by atoms with van der Waals surface area (Å²) in [6, 6.07) is 25.5. The van der Waals surface area contributed by atoms with Gasteiger partial charge in [0.05, 0.1) is 30.8 Å². The highest BCUT2D eigenvalue weighted by molar-refractivity contribution is 5.72. The zero-order valence-electron chi connectivity index (χ0n) is 18.2. The van der Waals surface area contributed by atoms with E-state index in [0.717, 1.165) is 28.0 Å². The van der Waals surface area contributed by atoms with E-state index in [1.54, 1.807) is 6.92 Å². The maximum atomic E-state index is 12.0. The van der Waals surface area contributed by atoms with Crippen molar-refractivity contribution in [3.05, 3.63) is 89.5 Å². The van der Waals surface area contributed by atoms with Crippen LogP contribution in [0.1, 0.15) is 37.0 Å². The zero-order chi connectivity index (χ0) is 22.6. The second kappa shape index (κ2) is 9.25. The average Bonchev–Trinajstić information content (AvgIpc) is 3.48. The summed E-state index contributed by atoms with van der Waals surface area (Å²) in [5.74, 6) is 0.491. The van der Waals surface area contributed by atoms with Crippen LogP contribution in [0.5, 0.6) is 5.75 Å². The summed E-state index contributed by atoms with van der Waals surface area (Å²) in [7, 11) is 0. The molecule has 1 saturated heterocycles. The van der Waals surface area contributed by atoms with E-state index in [9.17, 15) is 10.1 Å². The van der Waals surface area contributed by atoms with Gasteiger partial charge < -0.3 is 14.2 Å². The minimum Gasteiger partial charge on any atom is -0.489 e. The van der Waals surface area contributed by atoms with E-state index in [4.69, 9.17) is 14.2 Å². The molecule has 0 spiro atoms. The van der Waals surface area contributed by atoms with Gasteiger partial charge in [0.25, 0.3) is 0 Å². The SMILES string of the molecule is CCOC(=O)CC1(c2ccc(OCc3ccc(-c4ccccc4C#N)cc3)cc2)OC1C. The van der Waals surface area contributed by atoms with Crippen molar-refractivity contribution in [3.63, 3.8) is 0 Å². The van der Waals surface area contributed by atoms with Gasteiger partial charge in [-0.2, -0.15) is 5.26 Å². The summed E-state index contributed by atoms with van der Waals surface area (Å²) in [6.45, 7) is 4.55. The summed E-state index contributed by atoms with van der Waals surface area (Å²) in [5, 5.41) is 9.30. The Kier molecular flexibility index (Phi) is 6.25. The van der Waals surface area contributed by atoms with Gasteiger partial charge in [0.1, 0.15) is 18.0 Å². The highest BCUT2D eigenvalue weighted by Crippen LogP contribution is 2.49.